The second kappa shape index (κ2) is 15.7. The minimum Gasteiger partial charge on any atom is -0.481 e. The van der Waals surface area contributed by atoms with E-state index in [-0.39, 0.29) is 31.0 Å². The fourth-order valence-electron chi connectivity index (χ4n) is 4.77. The largest absolute Gasteiger partial charge is 0.481 e. The van der Waals surface area contributed by atoms with Gasteiger partial charge in [-0.2, -0.15) is 0 Å². The molecule has 0 bridgehead atoms. The van der Waals surface area contributed by atoms with Crippen molar-refractivity contribution in [1.29, 1.82) is 0 Å². The van der Waals surface area contributed by atoms with Crippen LogP contribution in [0.5, 0.6) is 0 Å². The lowest BCUT2D eigenvalue weighted by atomic mass is 9.96. The number of carboxylic acid groups (broad SMARTS) is 1. The number of ether oxygens (including phenoxy) is 1. The first-order chi connectivity index (χ1) is 17.3. The van der Waals surface area contributed by atoms with Gasteiger partial charge in [-0.25, -0.2) is 4.39 Å². The standard InChI is InChI=1S/C30H44FNO4/c1-5-11-29(27-14-9-8-12-24(27)15-16-30(34)35)36-21-26(33)20-32-17-10-13-25(32)18-23(7-3)19-28(31)22(4)6-2/h6-9,12,14,19,25-26,29,33H,5,10-11,13,15-18,20-21H2,1-4H3,(H,34,35)/b22-6-,23-7-,28-19+/t25-,26+,29+/m0/s1. The van der Waals surface area contributed by atoms with Gasteiger partial charge in [-0.3, -0.25) is 9.69 Å². The molecule has 2 N–H and O–H groups in total. The smallest absolute Gasteiger partial charge is 0.303 e. The molecule has 3 atom stereocenters. The molecule has 0 radical (unpaired) electrons. The van der Waals surface area contributed by atoms with E-state index in [0.717, 1.165) is 55.3 Å². The summed E-state index contributed by atoms with van der Waals surface area (Å²) in [6, 6.07) is 8.10. The van der Waals surface area contributed by atoms with Crippen LogP contribution >= 0.6 is 0 Å². The number of aliphatic carboxylic acids is 1. The van der Waals surface area contributed by atoms with E-state index in [1.54, 1.807) is 19.1 Å². The van der Waals surface area contributed by atoms with Gasteiger partial charge in [0.1, 0.15) is 5.83 Å². The van der Waals surface area contributed by atoms with Crippen molar-refractivity contribution in [3.63, 3.8) is 0 Å². The van der Waals surface area contributed by atoms with E-state index in [2.05, 4.69) is 11.8 Å². The zero-order valence-corrected chi connectivity index (χ0v) is 22.4. The summed E-state index contributed by atoms with van der Waals surface area (Å²) >= 11 is 0. The summed E-state index contributed by atoms with van der Waals surface area (Å²) in [6.45, 7) is 9.28. The lowest BCUT2D eigenvalue weighted by molar-refractivity contribution is -0.136. The molecule has 2 rings (SSSR count). The fraction of sp³-hybridized carbons (Fsp3) is 0.567. The number of hydrogen-bond donors (Lipinski definition) is 2. The lowest BCUT2D eigenvalue weighted by Gasteiger charge is -2.28. The molecule has 0 spiro atoms. The highest BCUT2D eigenvalue weighted by Gasteiger charge is 2.27. The highest BCUT2D eigenvalue weighted by molar-refractivity contribution is 5.67. The summed E-state index contributed by atoms with van der Waals surface area (Å²) < 4.78 is 20.6. The molecule has 1 aromatic carbocycles. The molecule has 1 aliphatic heterocycles. The van der Waals surface area contributed by atoms with Crippen LogP contribution in [-0.2, 0) is 16.0 Å². The van der Waals surface area contributed by atoms with E-state index in [9.17, 15) is 14.3 Å². The molecule has 1 heterocycles. The van der Waals surface area contributed by atoms with Crippen molar-refractivity contribution in [2.75, 3.05) is 19.7 Å². The van der Waals surface area contributed by atoms with Crippen LogP contribution in [0.15, 0.2) is 59.5 Å². The van der Waals surface area contributed by atoms with Crippen LogP contribution in [0.25, 0.3) is 0 Å². The predicted octanol–water partition coefficient (Wildman–Crippen LogP) is 6.54. The van der Waals surface area contributed by atoms with Crippen LogP contribution in [0.1, 0.15) is 83.5 Å². The van der Waals surface area contributed by atoms with E-state index >= 15 is 0 Å². The molecule has 200 valence electrons. The summed E-state index contributed by atoms with van der Waals surface area (Å²) in [7, 11) is 0. The number of aliphatic hydroxyl groups excluding tert-OH is 1. The third-order valence-electron chi connectivity index (χ3n) is 6.96. The van der Waals surface area contributed by atoms with Crippen molar-refractivity contribution >= 4 is 5.97 Å². The van der Waals surface area contributed by atoms with Crippen LogP contribution in [0.2, 0.25) is 0 Å². The summed E-state index contributed by atoms with van der Waals surface area (Å²) in [5, 5.41) is 19.9. The van der Waals surface area contributed by atoms with E-state index in [0.29, 0.717) is 18.5 Å². The third kappa shape index (κ3) is 9.64. The molecule has 0 aliphatic carbocycles. The Hall–Kier alpha value is -2.28. The molecule has 0 amide bonds. The normalized spacial score (nSPS) is 19.5. The van der Waals surface area contributed by atoms with Crippen LogP contribution in [-0.4, -0.2) is 52.9 Å². The number of nitrogens with zero attached hydrogens (tertiary/aromatic N) is 1. The molecule has 0 saturated carbocycles. The number of hydrogen-bond acceptors (Lipinski definition) is 4. The quantitative estimate of drug-likeness (QED) is 0.267. The Kier molecular flexibility index (Phi) is 13.1. The first-order valence-corrected chi connectivity index (χ1v) is 13.3. The first kappa shape index (κ1) is 29.9. The van der Waals surface area contributed by atoms with Gasteiger partial charge < -0.3 is 14.9 Å². The lowest BCUT2D eigenvalue weighted by Crippen LogP contribution is -2.38. The minimum atomic E-state index is -0.815. The Morgan fingerprint density at radius 1 is 1.28 bits per heavy atom. The number of aryl methyl sites for hydroxylation is 1. The van der Waals surface area contributed by atoms with Gasteiger partial charge in [0, 0.05) is 19.0 Å². The molecule has 0 aromatic heterocycles. The minimum absolute atomic E-state index is 0.0798. The molecule has 5 nitrogen and oxygen atoms in total. The van der Waals surface area contributed by atoms with Crippen molar-refractivity contribution < 1.29 is 24.1 Å². The molecule has 36 heavy (non-hydrogen) atoms. The number of β-amino-alcohol motifs (C(OH)–C–C–N with tert-alkyl or cyclic N) is 1. The van der Waals surface area contributed by atoms with Crippen LogP contribution in [0.3, 0.4) is 0 Å². The van der Waals surface area contributed by atoms with Crippen molar-refractivity contribution in [3.8, 4) is 0 Å². The number of allylic oxidation sites excluding steroid dienone is 5. The Labute approximate surface area is 216 Å². The second-order valence-corrected chi connectivity index (χ2v) is 9.68. The molecular formula is C30H44FNO4. The average molecular weight is 502 g/mol. The van der Waals surface area contributed by atoms with Gasteiger partial charge in [0.25, 0.3) is 0 Å². The highest BCUT2D eigenvalue weighted by Crippen LogP contribution is 2.29. The van der Waals surface area contributed by atoms with Crippen molar-refractivity contribution in [2.24, 2.45) is 0 Å². The zero-order chi connectivity index (χ0) is 26.5. The number of likely N-dealkylation sites (tertiary alicyclic amines) is 1. The average Bonchev–Trinajstić information content (AvgIpc) is 3.30. The van der Waals surface area contributed by atoms with E-state index < -0.39 is 12.1 Å². The van der Waals surface area contributed by atoms with Crippen LogP contribution in [0, 0.1) is 0 Å². The Morgan fingerprint density at radius 2 is 2.03 bits per heavy atom. The first-order valence-electron chi connectivity index (χ1n) is 13.3. The third-order valence-corrected chi connectivity index (χ3v) is 6.96. The summed E-state index contributed by atoms with van der Waals surface area (Å²) in [6.07, 6.45) is 9.66. The van der Waals surface area contributed by atoms with Crippen molar-refractivity contribution in [1.82, 2.24) is 4.90 Å². The second-order valence-electron chi connectivity index (χ2n) is 9.68. The molecule has 1 aromatic rings. The van der Waals surface area contributed by atoms with E-state index in [1.807, 2.05) is 44.2 Å². The van der Waals surface area contributed by atoms with Crippen LogP contribution < -0.4 is 0 Å². The van der Waals surface area contributed by atoms with Gasteiger partial charge in [0.2, 0.25) is 0 Å². The molecule has 1 saturated heterocycles. The van der Waals surface area contributed by atoms with Crippen molar-refractivity contribution in [2.45, 2.75) is 90.9 Å². The van der Waals surface area contributed by atoms with Gasteiger partial charge in [-0.1, -0.05) is 49.8 Å². The maximum Gasteiger partial charge on any atom is 0.303 e. The van der Waals surface area contributed by atoms with E-state index in [4.69, 9.17) is 9.84 Å². The number of halogens is 1. The molecule has 1 fully saturated rings. The molecule has 6 heteroatoms. The molecule has 1 aliphatic rings. The van der Waals surface area contributed by atoms with Gasteiger partial charge in [0.15, 0.2) is 0 Å². The van der Waals surface area contributed by atoms with Gasteiger partial charge >= 0.3 is 5.97 Å². The SMILES string of the molecule is C\C=C(/C=C(F)\C(C)=C/C)C[C@@H]1CCCN1C[C@@H](O)CO[C@H](CCC)c1ccccc1CCC(=O)O. The highest BCUT2D eigenvalue weighted by atomic mass is 19.1. The van der Waals surface area contributed by atoms with E-state index in [1.165, 1.54) is 0 Å². The monoisotopic (exact) mass is 501 g/mol. The van der Waals surface area contributed by atoms with Crippen molar-refractivity contribution in [3.05, 3.63) is 70.6 Å². The summed E-state index contributed by atoms with van der Waals surface area (Å²) in [5.41, 5.74) is 3.60. The van der Waals surface area contributed by atoms with Gasteiger partial charge in [-0.15, -0.1) is 0 Å². The number of benzene rings is 1. The number of aliphatic hydroxyl groups is 1. The molecule has 0 unspecified atom stereocenters. The predicted molar refractivity (Wildman–Crippen MR) is 144 cm³/mol. The summed E-state index contributed by atoms with van der Waals surface area (Å²) in [5.74, 6) is -1.01. The molecular weight excluding hydrogens is 457 g/mol. The Balaban J connectivity index is 1.98. The maximum absolute atomic E-state index is 14.4. The fourth-order valence-corrected chi connectivity index (χ4v) is 4.77. The number of carboxylic acids is 1. The summed E-state index contributed by atoms with van der Waals surface area (Å²) in [4.78, 5) is 13.4. The van der Waals surface area contributed by atoms with Gasteiger partial charge in [0.05, 0.1) is 18.8 Å². The Morgan fingerprint density at radius 3 is 2.69 bits per heavy atom. The number of rotatable bonds is 15. The van der Waals surface area contributed by atoms with Gasteiger partial charge in [-0.05, 0) is 87.8 Å². The Bertz CT molecular complexity index is 923. The topological polar surface area (TPSA) is 70.0 Å². The van der Waals surface area contributed by atoms with Crippen LogP contribution in [0.4, 0.5) is 4.39 Å². The maximum atomic E-state index is 14.4. The number of carbonyl (C=O) groups is 1. The zero-order valence-electron chi connectivity index (χ0n) is 22.4.